The largest absolute Gasteiger partial charge is 0.355 e. The van der Waals surface area contributed by atoms with Gasteiger partial charge in [-0.15, -0.1) is 10.2 Å². The van der Waals surface area contributed by atoms with Crippen molar-refractivity contribution >= 4 is 11.8 Å². The lowest BCUT2D eigenvalue weighted by Crippen LogP contribution is -2.33. The van der Waals surface area contributed by atoms with E-state index in [2.05, 4.69) is 20.1 Å². The SMILES string of the molecule is CN1CC(C(=O)NCCc2nnc3n2CCC3)CC1=O. The quantitative estimate of drug-likeness (QED) is 0.794. The molecule has 2 aliphatic rings. The van der Waals surface area contributed by atoms with Crippen LogP contribution in [0.2, 0.25) is 0 Å². The predicted molar refractivity (Wildman–Crippen MR) is 70.8 cm³/mol. The maximum absolute atomic E-state index is 12.0. The second-order valence-electron chi connectivity index (χ2n) is 5.50. The number of aryl methyl sites for hydroxylation is 1. The minimum Gasteiger partial charge on any atom is -0.355 e. The number of rotatable bonds is 4. The van der Waals surface area contributed by atoms with Gasteiger partial charge >= 0.3 is 0 Å². The molecule has 7 heteroatoms. The Morgan fingerprint density at radius 2 is 2.30 bits per heavy atom. The standard InChI is InChI=1S/C13H19N5O2/c1-17-8-9(7-12(17)19)13(20)14-5-4-11-16-15-10-3-2-6-18(10)11/h9H,2-8H2,1H3,(H,14,20). The molecule has 1 aromatic heterocycles. The van der Waals surface area contributed by atoms with Gasteiger partial charge in [0.25, 0.3) is 0 Å². The number of nitrogens with zero attached hydrogens (tertiary/aromatic N) is 4. The van der Waals surface area contributed by atoms with Crippen LogP contribution in [-0.2, 0) is 29.0 Å². The monoisotopic (exact) mass is 277 g/mol. The highest BCUT2D eigenvalue weighted by atomic mass is 16.2. The Labute approximate surface area is 117 Å². The third kappa shape index (κ3) is 2.39. The summed E-state index contributed by atoms with van der Waals surface area (Å²) in [6, 6.07) is 0. The Bertz CT molecular complexity index is 539. The van der Waals surface area contributed by atoms with Crippen LogP contribution in [-0.4, -0.2) is 51.6 Å². The van der Waals surface area contributed by atoms with Gasteiger partial charge in [0, 0.05) is 45.9 Å². The topological polar surface area (TPSA) is 80.1 Å². The van der Waals surface area contributed by atoms with Gasteiger partial charge in [0.1, 0.15) is 11.6 Å². The molecular formula is C13H19N5O2. The van der Waals surface area contributed by atoms with Crippen molar-refractivity contribution in [3.63, 3.8) is 0 Å². The van der Waals surface area contributed by atoms with Crippen molar-refractivity contribution in [1.29, 1.82) is 0 Å². The van der Waals surface area contributed by atoms with Gasteiger partial charge in [0.15, 0.2) is 0 Å². The average Bonchev–Trinajstić information content (AvgIpc) is 3.08. The molecule has 0 aromatic carbocycles. The molecule has 1 fully saturated rings. The van der Waals surface area contributed by atoms with Crippen LogP contribution in [0.5, 0.6) is 0 Å². The zero-order valence-corrected chi connectivity index (χ0v) is 11.6. The molecule has 0 saturated carbocycles. The normalized spacial score (nSPS) is 21.4. The van der Waals surface area contributed by atoms with E-state index in [0.29, 0.717) is 25.9 Å². The molecule has 3 rings (SSSR count). The molecule has 0 aliphatic carbocycles. The highest BCUT2D eigenvalue weighted by Crippen LogP contribution is 2.16. The Kier molecular flexibility index (Phi) is 3.42. The summed E-state index contributed by atoms with van der Waals surface area (Å²) in [5.41, 5.74) is 0. The van der Waals surface area contributed by atoms with Gasteiger partial charge < -0.3 is 14.8 Å². The first-order valence-electron chi connectivity index (χ1n) is 7.08. The van der Waals surface area contributed by atoms with Crippen molar-refractivity contribution in [3.8, 4) is 0 Å². The van der Waals surface area contributed by atoms with Crippen LogP contribution < -0.4 is 5.32 Å². The van der Waals surface area contributed by atoms with E-state index in [1.165, 1.54) is 0 Å². The molecule has 1 unspecified atom stereocenters. The summed E-state index contributed by atoms with van der Waals surface area (Å²) in [6.07, 6.45) is 3.13. The Morgan fingerprint density at radius 1 is 1.45 bits per heavy atom. The van der Waals surface area contributed by atoms with Crippen LogP contribution in [0.4, 0.5) is 0 Å². The molecule has 1 N–H and O–H groups in total. The van der Waals surface area contributed by atoms with Crippen LogP contribution in [0.15, 0.2) is 0 Å². The molecule has 2 aliphatic heterocycles. The van der Waals surface area contributed by atoms with E-state index in [9.17, 15) is 9.59 Å². The first-order chi connectivity index (χ1) is 9.65. The fourth-order valence-corrected chi connectivity index (χ4v) is 2.88. The summed E-state index contributed by atoms with van der Waals surface area (Å²) < 4.78 is 2.14. The van der Waals surface area contributed by atoms with Gasteiger partial charge in [-0.1, -0.05) is 0 Å². The molecule has 1 saturated heterocycles. The molecule has 7 nitrogen and oxygen atoms in total. The molecule has 108 valence electrons. The van der Waals surface area contributed by atoms with Gasteiger partial charge in [-0.3, -0.25) is 9.59 Å². The lowest BCUT2D eigenvalue weighted by molar-refractivity contribution is -0.128. The van der Waals surface area contributed by atoms with Crippen LogP contribution in [0.3, 0.4) is 0 Å². The Hall–Kier alpha value is -1.92. The number of amides is 2. The molecule has 0 bridgehead atoms. The van der Waals surface area contributed by atoms with Crippen molar-refractivity contribution in [2.45, 2.75) is 32.2 Å². The summed E-state index contributed by atoms with van der Waals surface area (Å²) in [4.78, 5) is 25.0. The van der Waals surface area contributed by atoms with Crippen molar-refractivity contribution in [2.75, 3.05) is 20.1 Å². The maximum atomic E-state index is 12.0. The van der Waals surface area contributed by atoms with E-state index in [0.717, 1.165) is 31.0 Å². The Balaban J connectivity index is 1.48. The number of hydrogen-bond donors (Lipinski definition) is 1. The summed E-state index contributed by atoms with van der Waals surface area (Å²) in [7, 11) is 1.73. The lowest BCUT2D eigenvalue weighted by atomic mass is 10.1. The molecule has 0 radical (unpaired) electrons. The summed E-state index contributed by atoms with van der Waals surface area (Å²) in [5, 5.41) is 11.2. The van der Waals surface area contributed by atoms with E-state index in [-0.39, 0.29) is 17.7 Å². The average molecular weight is 277 g/mol. The Morgan fingerprint density at radius 3 is 3.05 bits per heavy atom. The van der Waals surface area contributed by atoms with Crippen LogP contribution in [0.1, 0.15) is 24.5 Å². The lowest BCUT2D eigenvalue weighted by Gasteiger charge is -2.11. The third-order valence-corrected chi connectivity index (χ3v) is 4.05. The summed E-state index contributed by atoms with van der Waals surface area (Å²) in [6.45, 7) is 2.05. The molecule has 3 heterocycles. The maximum Gasteiger partial charge on any atom is 0.225 e. The van der Waals surface area contributed by atoms with Crippen LogP contribution in [0.25, 0.3) is 0 Å². The van der Waals surface area contributed by atoms with Crippen molar-refractivity contribution in [2.24, 2.45) is 5.92 Å². The van der Waals surface area contributed by atoms with Gasteiger partial charge in [0.05, 0.1) is 5.92 Å². The number of carbonyl (C=O) groups excluding carboxylic acids is 2. The number of nitrogens with one attached hydrogen (secondary N) is 1. The summed E-state index contributed by atoms with van der Waals surface area (Å²) in [5.74, 6) is 1.78. The van der Waals surface area contributed by atoms with Gasteiger partial charge in [-0.25, -0.2) is 0 Å². The molecule has 1 aromatic rings. The molecule has 2 amide bonds. The first kappa shape index (κ1) is 13.1. The summed E-state index contributed by atoms with van der Waals surface area (Å²) >= 11 is 0. The number of aromatic nitrogens is 3. The van der Waals surface area contributed by atoms with Gasteiger partial charge in [-0.2, -0.15) is 0 Å². The molecule has 0 spiro atoms. The zero-order chi connectivity index (χ0) is 14.1. The smallest absolute Gasteiger partial charge is 0.225 e. The van der Waals surface area contributed by atoms with Gasteiger partial charge in [-0.05, 0) is 6.42 Å². The second kappa shape index (κ2) is 5.22. The highest BCUT2D eigenvalue weighted by molar-refractivity contribution is 5.89. The first-order valence-corrected chi connectivity index (χ1v) is 7.08. The second-order valence-corrected chi connectivity index (χ2v) is 5.50. The minimum atomic E-state index is -0.211. The predicted octanol–water partition coefficient (Wildman–Crippen LogP) is -0.639. The minimum absolute atomic E-state index is 0.0381. The molecule has 1 atom stereocenters. The fraction of sp³-hybridized carbons (Fsp3) is 0.692. The van der Waals surface area contributed by atoms with Crippen LogP contribution in [0, 0.1) is 5.92 Å². The number of likely N-dealkylation sites (tertiary alicyclic amines) is 1. The van der Waals surface area contributed by atoms with E-state index in [4.69, 9.17) is 0 Å². The van der Waals surface area contributed by atoms with Crippen molar-refractivity contribution < 1.29 is 9.59 Å². The van der Waals surface area contributed by atoms with E-state index in [1.54, 1.807) is 11.9 Å². The molecular weight excluding hydrogens is 258 g/mol. The highest BCUT2D eigenvalue weighted by Gasteiger charge is 2.31. The van der Waals surface area contributed by atoms with Crippen LogP contribution >= 0.6 is 0 Å². The van der Waals surface area contributed by atoms with Crippen molar-refractivity contribution in [1.82, 2.24) is 25.0 Å². The number of fused-ring (bicyclic) bond motifs is 1. The van der Waals surface area contributed by atoms with Gasteiger partial charge in [0.2, 0.25) is 11.8 Å². The van der Waals surface area contributed by atoms with E-state index < -0.39 is 0 Å². The third-order valence-electron chi connectivity index (χ3n) is 4.05. The van der Waals surface area contributed by atoms with E-state index in [1.807, 2.05) is 0 Å². The zero-order valence-electron chi connectivity index (χ0n) is 11.6. The van der Waals surface area contributed by atoms with E-state index >= 15 is 0 Å². The molecule has 20 heavy (non-hydrogen) atoms. The number of hydrogen-bond acceptors (Lipinski definition) is 4. The number of carbonyl (C=O) groups is 2. The van der Waals surface area contributed by atoms with Crippen molar-refractivity contribution in [3.05, 3.63) is 11.6 Å². The fourth-order valence-electron chi connectivity index (χ4n) is 2.88.